The number of para-hydroxylation sites is 1. The monoisotopic (exact) mass is 379 g/mol. The lowest BCUT2D eigenvalue weighted by Gasteiger charge is -2.11. The number of rotatable bonds is 7. The summed E-state index contributed by atoms with van der Waals surface area (Å²) in [6, 6.07) is 17.4. The summed E-state index contributed by atoms with van der Waals surface area (Å²) in [4.78, 5) is 16.8. The fourth-order valence-electron chi connectivity index (χ4n) is 2.81. The van der Waals surface area contributed by atoms with E-state index in [0.717, 1.165) is 41.3 Å². The smallest absolute Gasteiger partial charge is 0.257 e. The Morgan fingerprint density at radius 3 is 2.63 bits per heavy atom. The highest BCUT2D eigenvalue weighted by Gasteiger charge is 2.09. The van der Waals surface area contributed by atoms with Crippen LogP contribution in [0.3, 0.4) is 0 Å². The topological polar surface area (TPSA) is 54.0 Å². The van der Waals surface area contributed by atoms with Crippen LogP contribution in [0.2, 0.25) is 5.02 Å². The van der Waals surface area contributed by atoms with Crippen LogP contribution >= 0.6 is 11.6 Å². The van der Waals surface area contributed by atoms with E-state index in [9.17, 15) is 4.79 Å². The molecular formula is C22H22ClN3O. The Bertz CT molecular complexity index is 909. The van der Waals surface area contributed by atoms with Gasteiger partial charge in [-0.1, -0.05) is 48.9 Å². The number of hydrogen-bond acceptors (Lipinski definition) is 3. The van der Waals surface area contributed by atoms with Gasteiger partial charge in [0.05, 0.1) is 11.3 Å². The van der Waals surface area contributed by atoms with Crippen LogP contribution in [0.4, 0.5) is 11.4 Å². The van der Waals surface area contributed by atoms with E-state index in [2.05, 4.69) is 22.5 Å². The third-order valence-electron chi connectivity index (χ3n) is 4.30. The molecule has 2 N–H and O–H groups in total. The number of aryl methyl sites for hydroxylation is 1. The zero-order valence-corrected chi connectivity index (χ0v) is 16.0. The van der Waals surface area contributed by atoms with Gasteiger partial charge in [-0.05, 0) is 48.2 Å². The molecule has 1 heterocycles. The lowest BCUT2D eigenvalue weighted by molar-refractivity contribution is 0.102. The molecule has 4 nitrogen and oxygen atoms in total. The second-order valence-corrected chi connectivity index (χ2v) is 6.67. The fraction of sp³-hybridized carbons (Fsp3) is 0.182. The molecule has 1 aromatic heterocycles. The molecule has 1 amide bonds. The average Bonchev–Trinajstić information content (AvgIpc) is 2.70. The van der Waals surface area contributed by atoms with Crippen molar-refractivity contribution in [2.45, 2.75) is 19.8 Å². The Labute approximate surface area is 164 Å². The first-order chi connectivity index (χ1) is 13.2. The van der Waals surface area contributed by atoms with Gasteiger partial charge < -0.3 is 10.6 Å². The number of halogens is 1. The van der Waals surface area contributed by atoms with Gasteiger partial charge in [-0.2, -0.15) is 0 Å². The van der Waals surface area contributed by atoms with Gasteiger partial charge in [0.1, 0.15) is 0 Å². The number of benzene rings is 2. The molecule has 0 aliphatic rings. The summed E-state index contributed by atoms with van der Waals surface area (Å²) in [6.07, 6.45) is 5.02. The maximum Gasteiger partial charge on any atom is 0.257 e. The molecule has 27 heavy (non-hydrogen) atoms. The number of nitrogens with zero attached hydrogens (tertiary/aromatic N) is 1. The first kappa shape index (κ1) is 18.9. The van der Waals surface area contributed by atoms with Crippen LogP contribution in [0.5, 0.6) is 0 Å². The summed E-state index contributed by atoms with van der Waals surface area (Å²) >= 11 is 5.90. The number of carbonyl (C=O) groups excluding carboxylic acids is 1. The van der Waals surface area contributed by atoms with Crippen molar-refractivity contribution in [3.8, 4) is 0 Å². The predicted molar refractivity (Wildman–Crippen MR) is 112 cm³/mol. The summed E-state index contributed by atoms with van der Waals surface area (Å²) in [5.41, 5.74) is 4.49. The molecule has 0 saturated carbocycles. The summed E-state index contributed by atoms with van der Waals surface area (Å²) in [6.45, 7) is 2.81. The zero-order valence-electron chi connectivity index (χ0n) is 15.2. The van der Waals surface area contributed by atoms with E-state index in [1.54, 1.807) is 12.4 Å². The molecule has 138 valence electrons. The average molecular weight is 380 g/mol. The van der Waals surface area contributed by atoms with Crippen molar-refractivity contribution in [3.05, 3.63) is 88.7 Å². The van der Waals surface area contributed by atoms with Crippen LogP contribution in [0, 0.1) is 0 Å². The van der Waals surface area contributed by atoms with Crippen molar-refractivity contribution in [2.75, 3.05) is 17.2 Å². The normalized spacial score (nSPS) is 10.4. The maximum atomic E-state index is 12.6. The number of amides is 1. The van der Waals surface area contributed by atoms with E-state index in [0.29, 0.717) is 5.56 Å². The first-order valence-corrected chi connectivity index (χ1v) is 9.36. The highest BCUT2D eigenvalue weighted by Crippen LogP contribution is 2.17. The number of pyridine rings is 1. The molecule has 0 unspecified atom stereocenters. The molecule has 0 saturated heterocycles. The molecule has 3 rings (SSSR count). The SMILES string of the molecule is CCc1ccccc1NC(=O)c1cncc(NCCc2ccc(Cl)cc2)c1. The van der Waals surface area contributed by atoms with Crippen molar-refractivity contribution < 1.29 is 4.79 Å². The first-order valence-electron chi connectivity index (χ1n) is 8.98. The van der Waals surface area contributed by atoms with E-state index >= 15 is 0 Å². The van der Waals surface area contributed by atoms with Gasteiger partial charge in [0.15, 0.2) is 0 Å². The summed E-state index contributed by atoms with van der Waals surface area (Å²) in [5, 5.41) is 7.02. The molecule has 0 bridgehead atoms. The van der Waals surface area contributed by atoms with E-state index in [4.69, 9.17) is 11.6 Å². The lowest BCUT2D eigenvalue weighted by atomic mass is 10.1. The Morgan fingerprint density at radius 2 is 1.85 bits per heavy atom. The molecule has 2 aromatic carbocycles. The predicted octanol–water partition coefficient (Wildman–Crippen LogP) is 5.20. The highest BCUT2D eigenvalue weighted by atomic mass is 35.5. The Morgan fingerprint density at radius 1 is 1.07 bits per heavy atom. The van der Waals surface area contributed by atoms with Crippen molar-refractivity contribution in [3.63, 3.8) is 0 Å². The third-order valence-corrected chi connectivity index (χ3v) is 4.55. The maximum absolute atomic E-state index is 12.6. The summed E-state index contributed by atoms with van der Waals surface area (Å²) in [5.74, 6) is -0.162. The largest absolute Gasteiger partial charge is 0.383 e. The van der Waals surface area contributed by atoms with Crippen LogP contribution in [0.1, 0.15) is 28.4 Å². The quantitative estimate of drug-likeness (QED) is 0.592. The van der Waals surface area contributed by atoms with Crippen LogP contribution in [0.25, 0.3) is 0 Å². The van der Waals surface area contributed by atoms with Crippen LogP contribution in [-0.2, 0) is 12.8 Å². The fourth-order valence-corrected chi connectivity index (χ4v) is 2.93. The number of nitrogens with one attached hydrogen (secondary N) is 2. The number of carbonyl (C=O) groups is 1. The third kappa shape index (κ3) is 5.31. The van der Waals surface area contributed by atoms with E-state index < -0.39 is 0 Å². The van der Waals surface area contributed by atoms with Gasteiger partial charge in [0, 0.05) is 29.6 Å². The second kappa shape index (κ2) is 9.19. The molecule has 3 aromatic rings. The lowest BCUT2D eigenvalue weighted by Crippen LogP contribution is -2.14. The van der Waals surface area contributed by atoms with Crippen LogP contribution < -0.4 is 10.6 Å². The van der Waals surface area contributed by atoms with Gasteiger partial charge in [-0.3, -0.25) is 9.78 Å². The minimum absolute atomic E-state index is 0.162. The molecule has 0 aliphatic carbocycles. The molecule has 0 aliphatic heterocycles. The Balaban J connectivity index is 1.60. The minimum atomic E-state index is -0.162. The summed E-state index contributed by atoms with van der Waals surface area (Å²) in [7, 11) is 0. The number of anilines is 2. The van der Waals surface area contributed by atoms with Gasteiger partial charge >= 0.3 is 0 Å². The van der Waals surface area contributed by atoms with Crippen molar-refractivity contribution in [1.82, 2.24) is 4.98 Å². The summed E-state index contributed by atoms with van der Waals surface area (Å²) < 4.78 is 0. The van der Waals surface area contributed by atoms with E-state index in [1.165, 1.54) is 5.56 Å². The standard InChI is InChI=1S/C22H22ClN3O/c1-2-17-5-3-4-6-21(17)26-22(27)18-13-20(15-24-14-18)25-12-11-16-7-9-19(23)10-8-16/h3-10,13-15,25H,2,11-12H2,1H3,(H,26,27). The molecule has 0 radical (unpaired) electrons. The van der Waals surface area contributed by atoms with Gasteiger partial charge in [0.2, 0.25) is 0 Å². The number of aromatic nitrogens is 1. The van der Waals surface area contributed by atoms with Gasteiger partial charge in [0.25, 0.3) is 5.91 Å². The molecule has 5 heteroatoms. The van der Waals surface area contributed by atoms with Gasteiger partial charge in [-0.25, -0.2) is 0 Å². The van der Waals surface area contributed by atoms with Crippen LogP contribution in [0.15, 0.2) is 67.0 Å². The highest BCUT2D eigenvalue weighted by molar-refractivity contribution is 6.30. The van der Waals surface area contributed by atoms with Crippen molar-refractivity contribution in [2.24, 2.45) is 0 Å². The van der Waals surface area contributed by atoms with Crippen molar-refractivity contribution >= 4 is 28.9 Å². The van der Waals surface area contributed by atoms with Gasteiger partial charge in [-0.15, -0.1) is 0 Å². The van der Waals surface area contributed by atoms with Crippen LogP contribution in [-0.4, -0.2) is 17.4 Å². The Hall–Kier alpha value is -2.85. The molecule has 0 fully saturated rings. The zero-order chi connectivity index (χ0) is 19.1. The Kier molecular flexibility index (Phi) is 6.44. The molecule has 0 atom stereocenters. The van der Waals surface area contributed by atoms with E-state index in [1.807, 2.05) is 54.6 Å². The molecule has 0 spiro atoms. The second-order valence-electron chi connectivity index (χ2n) is 6.23. The number of hydrogen-bond donors (Lipinski definition) is 2. The van der Waals surface area contributed by atoms with E-state index in [-0.39, 0.29) is 5.91 Å². The van der Waals surface area contributed by atoms with Crippen molar-refractivity contribution in [1.29, 1.82) is 0 Å². The molecular weight excluding hydrogens is 358 g/mol. The minimum Gasteiger partial charge on any atom is -0.383 e.